The van der Waals surface area contributed by atoms with E-state index in [1.165, 1.54) is 0 Å². The molecule has 1 heterocycles. The van der Waals surface area contributed by atoms with Gasteiger partial charge in [0.25, 0.3) is 0 Å². The second kappa shape index (κ2) is 5.47. The summed E-state index contributed by atoms with van der Waals surface area (Å²) in [7, 11) is 1.79. The summed E-state index contributed by atoms with van der Waals surface area (Å²) in [5.74, 6) is 0. The predicted octanol–water partition coefficient (Wildman–Crippen LogP) is 2.92. The van der Waals surface area contributed by atoms with E-state index in [0.717, 1.165) is 48.7 Å². The Morgan fingerprint density at radius 3 is 2.94 bits per heavy atom. The lowest BCUT2D eigenvalue weighted by atomic mass is 9.94. The molecular weight excluding hydrogens is 248 g/mol. The molecule has 1 aliphatic heterocycles. The maximum atomic E-state index is 6.22. The highest BCUT2D eigenvalue weighted by molar-refractivity contribution is 6.31. The van der Waals surface area contributed by atoms with Crippen molar-refractivity contribution in [3.63, 3.8) is 0 Å². The second-order valence-corrected chi connectivity index (χ2v) is 5.68. The zero-order chi connectivity index (χ0) is 13.2. The summed E-state index contributed by atoms with van der Waals surface area (Å²) in [5.41, 5.74) is 7.75. The number of nitrogen functional groups attached to an aromatic ring is 1. The number of anilines is 1. The first-order valence-corrected chi connectivity index (χ1v) is 6.72. The van der Waals surface area contributed by atoms with Crippen molar-refractivity contribution in [2.75, 3.05) is 25.9 Å². The van der Waals surface area contributed by atoms with Crippen molar-refractivity contribution >= 4 is 17.3 Å². The molecule has 0 bridgehead atoms. The van der Waals surface area contributed by atoms with E-state index < -0.39 is 0 Å². The fraction of sp³-hybridized carbons (Fsp3) is 0.571. The third-order valence-corrected chi connectivity index (χ3v) is 4.12. The van der Waals surface area contributed by atoms with Crippen LogP contribution in [0.3, 0.4) is 0 Å². The lowest BCUT2D eigenvalue weighted by Crippen LogP contribution is -2.46. The van der Waals surface area contributed by atoms with E-state index in [1.807, 2.05) is 18.2 Å². The minimum absolute atomic E-state index is 0.0474. The first kappa shape index (κ1) is 13.7. The van der Waals surface area contributed by atoms with Gasteiger partial charge in [0.1, 0.15) is 0 Å². The summed E-state index contributed by atoms with van der Waals surface area (Å²) in [4.78, 5) is 2.37. The highest BCUT2D eigenvalue weighted by Crippen LogP contribution is 2.28. The van der Waals surface area contributed by atoms with Crippen molar-refractivity contribution in [1.29, 1.82) is 0 Å². The normalized spacial score (nSPS) is 25.3. The standard InChI is InChI=1S/C14H21ClN2O/c1-14(18-2)7-4-8-17(10-14)9-11-12(15)5-3-6-13(11)16/h3,5-6H,4,7-10,16H2,1-2H3. The largest absolute Gasteiger partial charge is 0.398 e. The number of likely N-dealkylation sites (tertiary alicyclic amines) is 1. The fourth-order valence-corrected chi connectivity index (χ4v) is 2.82. The molecule has 1 aromatic carbocycles. The maximum absolute atomic E-state index is 6.22. The zero-order valence-corrected chi connectivity index (χ0v) is 11.8. The minimum Gasteiger partial charge on any atom is -0.398 e. The first-order chi connectivity index (χ1) is 8.54. The molecule has 1 aliphatic rings. The van der Waals surface area contributed by atoms with Crippen LogP contribution in [0.2, 0.25) is 5.02 Å². The van der Waals surface area contributed by atoms with E-state index in [2.05, 4.69) is 11.8 Å². The molecule has 1 saturated heterocycles. The zero-order valence-electron chi connectivity index (χ0n) is 11.1. The van der Waals surface area contributed by atoms with E-state index in [1.54, 1.807) is 7.11 Å². The van der Waals surface area contributed by atoms with Crippen LogP contribution in [0.5, 0.6) is 0 Å². The second-order valence-electron chi connectivity index (χ2n) is 5.28. The monoisotopic (exact) mass is 268 g/mol. The van der Waals surface area contributed by atoms with Gasteiger partial charge in [-0.15, -0.1) is 0 Å². The summed E-state index contributed by atoms with van der Waals surface area (Å²) in [6, 6.07) is 5.68. The average Bonchev–Trinajstić information content (AvgIpc) is 2.34. The Kier molecular flexibility index (Phi) is 4.15. The number of piperidine rings is 1. The molecule has 0 radical (unpaired) electrons. The number of methoxy groups -OCH3 is 1. The van der Waals surface area contributed by atoms with Gasteiger partial charge >= 0.3 is 0 Å². The molecule has 1 unspecified atom stereocenters. The Hall–Kier alpha value is -0.770. The third kappa shape index (κ3) is 2.97. The Balaban J connectivity index is 2.10. The topological polar surface area (TPSA) is 38.5 Å². The van der Waals surface area contributed by atoms with Crippen molar-refractivity contribution in [2.45, 2.75) is 31.9 Å². The fourth-order valence-electron chi connectivity index (χ4n) is 2.58. The van der Waals surface area contributed by atoms with Gasteiger partial charge < -0.3 is 10.5 Å². The molecular formula is C14H21ClN2O. The number of halogens is 1. The van der Waals surface area contributed by atoms with Crippen molar-refractivity contribution in [3.8, 4) is 0 Å². The minimum atomic E-state index is -0.0474. The molecule has 18 heavy (non-hydrogen) atoms. The smallest absolute Gasteiger partial charge is 0.0777 e. The maximum Gasteiger partial charge on any atom is 0.0777 e. The number of benzene rings is 1. The molecule has 0 saturated carbocycles. The number of hydrogen-bond acceptors (Lipinski definition) is 3. The molecule has 4 heteroatoms. The summed E-state index contributed by atoms with van der Waals surface area (Å²) in [6.07, 6.45) is 2.26. The quantitative estimate of drug-likeness (QED) is 0.857. The Morgan fingerprint density at radius 1 is 1.50 bits per heavy atom. The molecule has 0 spiro atoms. The van der Waals surface area contributed by atoms with Gasteiger partial charge in [-0.3, -0.25) is 4.90 Å². The number of nitrogens with zero attached hydrogens (tertiary/aromatic N) is 1. The summed E-state index contributed by atoms with van der Waals surface area (Å²) >= 11 is 6.22. The van der Waals surface area contributed by atoms with E-state index in [9.17, 15) is 0 Å². The van der Waals surface area contributed by atoms with Gasteiger partial charge in [-0.05, 0) is 38.4 Å². The molecule has 1 aromatic rings. The molecule has 1 fully saturated rings. The van der Waals surface area contributed by atoms with Crippen LogP contribution in [-0.2, 0) is 11.3 Å². The molecule has 0 aliphatic carbocycles. The van der Waals surface area contributed by atoms with E-state index in [-0.39, 0.29) is 5.60 Å². The average molecular weight is 269 g/mol. The van der Waals surface area contributed by atoms with Crippen LogP contribution in [0.4, 0.5) is 5.69 Å². The van der Waals surface area contributed by atoms with Crippen molar-refractivity contribution in [2.24, 2.45) is 0 Å². The Labute approximate surface area is 114 Å². The molecule has 2 rings (SSSR count). The molecule has 100 valence electrons. The highest BCUT2D eigenvalue weighted by Gasteiger charge is 2.30. The van der Waals surface area contributed by atoms with Gasteiger partial charge in [-0.25, -0.2) is 0 Å². The number of ether oxygens (including phenoxy) is 1. The molecule has 0 amide bonds. The van der Waals surface area contributed by atoms with Gasteiger partial charge in [0, 0.05) is 36.5 Å². The van der Waals surface area contributed by atoms with E-state index >= 15 is 0 Å². The summed E-state index contributed by atoms with van der Waals surface area (Å²) < 4.78 is 5.60. The van der Waals surface area contributed by atoms with Crippen LogP contribution in [0, 0.1) is 0 Å². The predicted molar refractivity (Wildman–Crippen MR) is 75.8 cm³/mol. The van der Waals surface area contributed by atoms with Crippen LogP contribution in [0.1, 0.15) is 25.3 Å². The highest BCUT2D eigenvalue weighted by atomic mass is 35.5. The lowest BCUT2D eigenvalue weighted by molar-refractivity contribution is -0.0526. The van der Waals surface area contributed by atoms with Crippen LogP contribution in [0.15, 0.2) is 18.2 Å². The van der Waals surface area contributed by atoms with Crippen LogP contribution in [-0.4, -0.2) is 30.7 Å². The van der Waals surface area contributed by atoms with Gasteiger partial charge in [-0.1, -0.05) is 17.7 Å². The van der Waals surface area contributed by atoms with Crippen LogP contribution < -0.4 is 5.73 Å². The Bertz CT molecular complexity index is 404. The van der Waals surface area contributed by atoms with Crippen LogP contribution >= 0.6 is 11.6 Å². The molecule has 3 nitrogen and oxygen atoms in total. The lowest BCUT2D eigenvalue weighted by Gasteiger charge is -2.39. The summed E-state index contributed by atoms with van der Waals surface area (Å²) in [5, 5.41) is 0.750. The number of rotatable bonds is 3. The summed E-state index contributed by atoms with van der Waals surface area (Å²) in [6.45, 7) is 4.96. The Morgan fingerprint density at radius 2 is 2.28 bits per heavy atom. The van der Waals surface area contributed by atoms with Gasteiger partial charge in [0.2, 0.25) is 0 Å². The number of nitrogens with two attached hydrogens (primary N) is 1. The molecule has 1 atom stereocenters. The van der Waals surface area contributed by atoms with Gasteiger partial charge in [0.05, 0.1) is 5.60 Å². The molecule has 0 aromatic heterocycles. The first-order valence-electron chi connectivity index (χ1n) is 6.34. The van der Waals surface area contributed by atoms with Gasteiger partial charge in [0.15, 0.2) is 0 Å². The SMILES string of the molecule is COC1(C)CCCN(Cc2c(N)cccc2Cl)C1. The van der Waals surface area contributed by atoms with Crippen LogP contribution in [0.25, 0.3) is 0 Å². The van der Waals surface area contributed by atoms with E-state index in [4.69, 9.17) is 22.1 Å². The molecule has 2 N–H and O–H groups in total. The van der Waals surface area contributed by atoms with Crippen molar-refractivity contribution in [1.82, 2.24) is 4.90 Å². The van der Waals surface area contributed by atoms with E-state index in [0.29, 0.717) is 0 Å². The third-order valence-electron chi connectivity index (χ3n) is 3.77. The number of hydrogen-bond donors (Lipinski definition) is 1. The van der Waals surface area contributed by atoms with Crippen molar-refractivity contribution in [3.05, 3.63) is 28.8 Å². The van der Waals surface area contributed by atoms with Crippen molar-refractivity contribution < 1.29 is 4.74 Å². The van der Waals surface area contributed by atoms with Gasteiger partial charge in [-0.2, -0.15) is 0 Å².